The molecule has 0 atom stereocenters. The molecule has 3 heterocycles. The first-order chi connectivity index (χ1) is 11.8. The van der Waals surface area contributed by atoms with Crippen molar-refractivity contribution in [3.63, 3.8) is 0 Å². The average Bonchev–Trinajstić information content (AvgIpc) is 3.24. The Morgan fingerprint density at radius 2 is 1.96 bits per heavy atom. The SMILES string of the molecule is O=C(Cc1cccs1)Nc1ccccc1-c1cn2ccccc2n1. The van der Waals surface area contributed by atoms with E-state index in [0.717, 1.165) is 27.5 Å². The molecule has 4 nitrogen and oxygen atoms in total. The molecule has 1 N–H and O–H groups in total. The van der Waals surface area contributed by atoms with Crippen molar-refractivity contribution in [3.05, 3.63) is 77.2 Å². The number of nitrogens with one attached hydrogen (secondary N) is 1. The van der Waals surface area contributed by atoms with Gasteiger partial charge in [0, 0.05) is 22.8 Å². The molecule has 24 heavy (non-hydrogen) atoms. The van der Waals surface area contributed by atoms with Gasteiger partial charge in [-0.25, -0.2) is 4.98 Å². The number of aromatic nitrogens is 2. The van der Waals surface area contributed by atoms with Gasteiger partial charge in [0.2, 0.25) is 5.91 Å². The molecule has 0 radical (unpaired) electrons. The molecule has 4 rings (SSSR count). The van der Waals surface area contributed by atoms with E-state index < -0.39 is 0 Å². The molecule has 0 unspecified atom stereocenters. The summed E-state index contributed by atoms with van der Waals surface area (Å²) in [5.41, 5.74) is 3.42. The minimum absolute atomic E-state index is 0.0198. The predicted octanol–water partition coefficient (Wildman–Crippen LogP) is 4.24. The van der Waals surface area contributed by atoms with Crippen molar-refractivity contribution in [2.75, 3.05) is 5.32 Å². The second-order valence-corrected chi connectivity index (χ2v) is 6.47. The van der Waals surface area contributed by atoms with Crippen LogP contribution in [0.3, 0.4) is 0 Å². The summed E-state index contributed by atoms with van der Waals surface area (Å²) in [4.78, 5) is 18.0. The van der Waals surface area contributed by atoms with E-state index in [1.165, 1.54) is 0 Å². The zero-order valence-corrected chi connectivity index (χ0v) is 13.7. The van der Waals surface area contributed by atoms with E-state index in [1.54, 1.807) is 11.3 Å². The van der Waals surface area contributed by atoms with Crippen molar-refractivity contribution in [1.29, 1.82) is 0 Å². The first-order valence-corrected chi connectivity index (χ1v) is 8.53. The number of hydrogen-bond acceptors (Lipinski definition) is 3. The number of rotatable bonds is 4. The van der Waals surface area contributed by atoms with Crippen LogP contribution in [0.2, 0.25) is 0 Å². The Kier molecular flexibility index (Phi) is 3.84. The van der Waals surface area contributed by atoms with Gasteiger partial charge in [-0.3, -0.25) is 4.79 Å². The van der Waals surface area contributed by atoms with Crippen LogP contribution in [0.15, 0.2) is 72.4 Å². The summed E-state index contributed by atoms with van der Waals surface area (Å²) in [6.45, 7) is 0. The molecule has 0 aliphatic heterocycles. The van der Waals surface area contributed by atoms with Crippen molar-refractivity contribution in [2.45, 2.75) is 6.42 Å². The quantitative estimate of drug-likeness (QED) is 0.607. The van der Waals surface area contributed by atoms with Crippen LogP contribution in [-0.2, 0) is 11.2 Å². The number of anilines is 1. The number of benzene rings is 1. The van der Waals surface area contributed by atoms with Crippen molar-refractivity contribution in [2.24, 2.45) is 0 Å². The Hall–Kier alpha value is -2.92. The first-order valence-electron chi connectivity index (χ1n) is 7.65. The third-order valence-corrected chi connectivity index (χ3v) is 4.63. The number of hydrogen-bond donors (Lipinski definition) is 1. The molecule has 118 valence electrons. The Morgan fingerprint density at radius 1 is 1.08 bits per heavy atom. The number of carbonyl (C=O) groups is 1. The van der Waals surface area contributed by atoms with Gasteiger partial charge in [-0.2, -0.15) is 0 Å². The van der Waals surface area contributed by atoms with Gasteiger partial charge in [0.15, 0.2) is 0 Å². The van der Waals surface area contributed by atoms with Gasteiger partial charge < -0.3 is 9.72 Å². The number of nitrogens with zero attached hydrogens (tertiary/aromatic N) is 2. The number of amides is 1. The Balaban J connectivity index is 1.63. The highest BCUT2D eigenvalue weighted by atomic mass is 32.1. The van der Waals surface area contributed by atoms with Gasteiger partial charge in [-0.15, -0.1) is 11.3 Å². The van der Waals surface area contributed by atoms with Crippen LogP contribution < -0.4 is 5.32 Å². The monoisotopic (exact) mass is 333 g/mol. The third-order valence-electron chi connectivity index (χ3n) is 3.76. The van der Waals surface area contributed by atoms with Crippen LogP contribution in [0.5, 0.6) is 0 Å². The summed E-state index contributed by atoms with van der Waals surface area (Å²) in [6.07, 6.45) is 4.32. The fraction of sp³-hybridized carbons (Fsp3) is 0.0526. The molecule has 0 bridgehead atoms. The topological polar surface area (TPSA) is 46.4 Å². The zero-order valence-electron chi connectivity index (χ0n) is 12.8. The molecule has 5 heteroatoms. The lowest BCUT2D eigenvalue weighted by molar-refractivity contribution is -0.115. The molecule has 1 amide bonds. The Morgan fingerprint density at radius 3 is 2.79 bits per heavy atom. The van der Waals surface area contributed by atoms with Crippen molar-refractivity contribution >= 4 is 28.6 Å². The van der Waals surface area contributed by atoms with E-state index in [9.17, 15) is 4.79 Å². The van der Waals surface area contributed by atoms with Crippen molar-refractivity contribution < 1.29 is 4.79 Å². The normalized spacial score (nSPS) is 10.8. The predicted molar refractivity (Wildman–Crippen MR) is 97.3 cm³/mol. The van der Waals surface area contributed by atoms with Gasteiger partial charge in [0.25, 0.3) is 0 Å². The van der Waals surface area contributed by atoms with Crippen LogP contribution in [0, 0.1) is 0 Å². The average molecular weight is 333 g/mol. The highest BCUT2D eigenvalue weighted by molar-refractivity contribution is 7.10. The maximum atomic E-state index is 12.3. The smallest absolute Gasteiger partial charge is 0.229 e. The summed E-state index contributed by atoms with van der Waals surface area (Å²) in [7, 11) is 0. The molecule has 0 spiro atoms. The summed E-state index contributed by atoms with van der Waals surface area (Å²) >= 11 is 1.59. The van der Waals surface area contributed by atoms with Crippen LogP contribution >= 0.6 is 11.3 Å². The number of imidazole rings is 1. The molecule has 1 aromatic carbocycles. The van der Waals surface area contributed by atoms with E-state index in [-0.39, 0.29) is 5.91 Å². The van der Waals surface area contributed by atoms with E-state index in [0.29, 0.717) is 6.42 Å². The summed E-state index contributed by atoms with van der Waals surface area (Å²) in [5, 5.41) is 4.99. The number of pyridine rings is 1. The van der Waals surface area contributed by atoms with E-state index in [1.807, 2.05) is 76.8 Å². The largest absolute Gasteiger partial charge is 0.325 e. The molecule has 3 aromatic heterocycles. The maximum absolute atomic E-state index is 12.3. The molecule has 0 saturated heterocycles. The molecule has 0 saturated carbocycles. The lowest BCUT2D eigenvalue weighted by atomic mass is 10.1. The van der Waals surface area contributed by atoms with Crippen LogP contribution in [0.25, 0.3) is 16.9 Å². The van der Waals surface area contributed by atoms with Gasteiger partial charge in [-0.05, 0) is 29.6 Å². The second kappa shape index (κ2) is 6.29. The number of fused-ring (bicyclic) bond motifs is 1. The Bertz CT molecular complexity index is 956. The summed E-state index contributed by atoms with van der Waals surface area (Å²) < 4.78 is 1.97. The fourth-order valence-electron chi connectivity index (χ4n) is 2.65. The first kappa shape index (κ1) is 14.7. The van der Waals surface area contributed by atoms with Gasteiger partial charge in [-0.1, -0.05) is 30.3 Å². The lowest BCUT2D eigenvalue weighted by Gasteiger charge is -2.09. The number of carbonyl (C=O) groups excluding carboxylic acids is 1. The molecular weight excluding hydrogens is 318 g/mol. The second-order valence-electron chi connectivity index (χ2n) is 5.44. The molecule has 0 aliphatic carbocycles. The lowest BCUT2D eigenvalue weighted by Crippen LogP contribution is -2.14. The van der Waals surface area contributed by atoms with E-state index in [2.05, 4.69) is 10.3 Å². The fourth-order valence-corrected chi connectivity index (χ4v) is 3.35. The zero-order chi connectivity index (χ0) is 16.4. The van der Waals surface area contributed by atoms with Crippen molar-refractivity contribution in [3.8, 4) is 11.3 Å². The molecular formula is C19H15N3OS. The highest BCUT2D eigenvalue weighted by Crippen LogP contribution is 2.27. The van der Waals surface area contributed by atoms with Crippen molar-refractivity contribution in [1.82, 2.24) is 9.38 Å². The van der Waals surface area contributed by atoms with Crippen LogP contribution in [-0.4, -0.2) is 15.3 Å². The maximum Gasteiger partial charge on any atom is 0.229 e. The standard InChI is InChI=1S/C19H15N3OS/c23-19(12-14-6-5-11-24-14)21-16-8-2-1-7-15(16)17-13-22-10-4-3-9-18(22)20-17/h1-11,13H,12H2,(H,21,23). The molecule has 4 aromatic rings. The summed E-state index contributed by atoms with van der Waals surface area (Å²) in [5.74, 6) is -0.0198. The summed E-state index contributed by atoms with van der Waals surface area (Å²) in [6, 6.07) is 17.6. The van der Waals surface area contributed by atoms with E-state index >= 15 is 0 Å². The number of para-hydroxylation sites is 1. The van der Waals surface area contributed by atoms with E-state index in [4.69, 9.17) is 0 Å². The molecule has 0 fully saturated rings. The van der Waals surface area contributed by atoms with Crippen LogP contribution in [0.1, 0.15) is 4.88 Å². The van der Waals surface area contributed by atoms with Gasteiger partial charge in [0.1, 0.15) is 5.65 Å². The minimum atomic E-state index is -0.0198. The van der Waals surface area contributed by atoms with Crippen LogP contribution in [0.4, 0.5) is 5.69 Å². The number of thiophene rings is 1. The minimum Gasteiger partial charge on any atom is -0.325 e. The molecule has 0 aliphatic rings. The van der Waals surface area contributed by atoms with Gasteiger partial charge >= 0.3 is 0 Å². The Labute approximate surface area is 143 Å². The van der Waals surface area contributed by atoms with Gasteiger partial charge in [0.05, 0.1) is 17.8 Å². The highest BCUT2D eigenvalue weighted by Gasteiger charge is 2.12. The third kappa shape index (κ3) is 2.94.